The highest BCUT2D eigenvalue weighted by Crippen LogP contribution is 2.09. The van der Waals surface area contributed by atoms with Crippen molar-refractivity contribution in [2.75, 3.05) is 20.4 Å². The van der Waals surface area contributed by atoms with Crippen molar-refractivity contribution >= 4 is 8.69 Å². The van der Waals surface area contributed by atoms with Gasteiger partial charge in [0, 0.05) is 6.42 Å². The fourth-order valence-electron chi connectivity index (χ4n) is 1.59. The molecule has 1 unspecified atom stereocenters. The maximum atomic E-state index is 11.7. The Kier molecular flexibility index (Phi) is 7.01. The third-order valence-electron chi connectivity index (χ3n) is 2.55. The van der Waals surface area contributed by atoms with Crippen molar-refractivity contribution < 1.29 is 18.7 Å². The van der Waals surface area contributed by atoms with Crippen molar-refractivity contribution in [1.29, 1.82) is 0 Å². The summed E-state index contributed by atoms with van der Waals surface area (Å²) in [4.78, 5) is 4.05. The smallest absolute Gasteiger partial charge is 0.329 e. The molecule has 0 aromatic heterocycles. The lowest BCUT2D eigenvalue weighted by Crippen LogP contribution is -2.38. The van der Waals surface area contributed by atoms with Gasteiger partial charge in [0.2, 0.25) is 6.79 Å². The van der Waals surface area contributed by atoms with Gasteiger partial charge in [-0.1, -0.05) is 30.3 Å². The van der Waals surface area contributed by atoms with Crippen molar-refractivity contribution in [1.82, 2.24) is 0 Å². The minimum absolute atomic E-state index is 0.260. The molecule has 0 aliphatic carbocycles. The van der Waals surface area contributed by atoms with Crippen LogP contribution in [0.1, 0.15) is 18.4 Å². The first-order chi connectivity index (χ1) is 8.64. The number of rotatable bonds is 9. The van der Waals surface area contributed by atoms with Crippen LogP contribution < -0.4 is 0 Å². The standard InChI is InChI=1S/C12H18NO4P/c1-13(14,16-11-17-18-15)10-6-5-9-12-7-3-2-4-8-12/h2-4,7-8H,5-6,9-11H2,1H3. The second kappa shape index (κ2) is 8.29. The Morgan fingerprint density at radius 3 is 2.67 bits per heavy atom. The maximum Gasteiger partial charge on any atom is 0.329 e. The van der Waals surface area contributed by atoms with Crippen LogP contribution in [0.15, 0.2) is 30.3 Å². The summed E-state index contributed by atoms with van der Waals surface area (Å²) in [6, 6.07) is 10.1. The fraction of sp³-hybridized carbons (Fsp3) is 0.500. The normalized spacial score (nSPS) is 14.6. The molecule has 5 nitrogen and oxygen atoms in total. The summed E-state index contributed by atoms with van der Waals surface area (Å²) in [5.41, 5.74) is 1.27. The third kappa shape index (κ3) is 6.79. The minimum Gasteiger partial charge on any atom is -0.598 e. The van der Waals surface area contributed by atoms with Gasteiger partial charge in [-0.2, -0.15) is 4.84 Å². The Bertz CT molecular complexity index is 345. The number of hydrogen-bond acceptors (Lipinski definition) is 4. The molecule has 1 atom stereocenters. The van der Waals surface area contributed by atoms with E-state index in [-0.39, 0.29) is 6.79 Å². The molecule has 0 heterocycles. The third-order valence-corrected chi connectivity index (χ3v) is 2.76. The van der Waals surface area contributed by atoms with Gasteiger partial charge in [0.05, 0.1) is 7.05 Å². The van der Waals surface area contributed by atoms with E-state index in [1.54, 1.807) is 0 Å². The van der Waals surface area contributed by atoms with Crippen molar-refractivity contribution in [3.05, 3.63) is 41.1 Å². The molecule has 0 fully saturated rings. The number of hydrogen-bond donors (Lipinski definition) is 0. The second-order valence-corrected chi connectivity index (χ2v) is 4.54. The number of nitrogens with zero attached hydrogens (tertiary/aromatic N) is 1. The molecule has 0 amide bonds. The molecule has 100 valence electrons. The number of quaternary nitrogens is 1. The summed E-state index contributed by atoms with van der Waals surface area (Å²) in [6.07, 6.45) is 2.66. The minimum atomic E-state index is -0.829. The van der Waals surface area contributed by atoms with Gasteiger partial charge in [0.1, 0.15) is 6.54 Å². The summed E-state index contributed by atoms with van der Waals surface area (Å²) in [5.74, 6) is 0. The average Bonchev–Trinajstić information content (AvgIpc) is 2.36. The zero-order valence-corrected chi connectivity index (χ0v) is 11.3. The quantitative estimate of drug-likeness (QED) is 0.228. The van der Waals surface area contributed by atoms with Crippen molar-refractivity contribution in [3.63, 3.8) is 0 Å². The predicted octanol–water partition coefficient (Wildman–Crippen LogP) is 3.07. The summed E-state index contributed by atoms with van der Waals surface area (Å²) in [6.45, 7) is 0.0929. The SMILES string of the molecule is C[N+]([O-])(CCCCc1ccccc1)OCOP=O. The van der Waals surface area contributed by atoms with Gasteiger partial charge < -0.3 is 5.21 Å². The van der Waals surface area contributed by atoms with E-state index in [2.05, 4.69) is 16.7 Å². The Balaban J connectivity index is 2.14. The first-order valence-electron chi connectivity index (χ1n) is 5.84. The Hall–Kier alpha value is -0.840. The van der Waals surface area contributed by atoms with Crippen LogP contribution in [-0.2, 0) is 20.3 Å². The molecule has 1 aromatic carbocycles. The van der Waals surface area contributed by atoms with E-state index in [9.17, 15) is 9.77 Å². The first kappa shape index (κ1) is 15.2. The molecule has 0 radical (unpaired) electrons. The Morgan fingerprint density at radius 2 is 2.00 bits per heavy atom. The summed E-state index contributed by atoms with van der Waals surface area (Å²) >= 11 is 0. The van der Waals surface area contributed by atoms with Crippen LogP contribution in [0.25, 0.3) is 0 Å². The molecule has 18 heavy (non-hydrogen) atoms. The number of aryl methyl sites for hydroxylation is 1. The molecule has 0 aliphatic heterocycles. The van der Waals surface area contributed by atoms with E-state index >= 15 is 0 Å². The number of unbranched alkanes of at least 4 members (excludes halogenated alkanes) is 1. The van der Waals surface area contributed by atoms with Crippen LogP contribution in [0.4, 0.5) is 0 Å². The summed E-state index contributed by atoms with van der Waals surface area (Å²) in [5, 5.41) is 11.7. The van der Waals surface area contributed by atoms with Gasteiger partial charge in [-0.3, -0.25) is 4.52 Å². The first-order valence-corrected chi connectivity index (χ1v) is 6.57. The van der Waals surface area contributed by atoms with Crippen molar-refractivity contribution in [3.8, 4) is 0 Å². The second-order valence-electron chi connectivity index (χ2n) is 4.13. The van der Waals surface area contributed by atoms with Crippen LogP contribution in [0, 0.1) is 5.21 Å². The van der Waals surface area contributed by atoms with Crippen LogP contribution in [0.5, 0.6) is 0 Å². The van der Waals surface area contributed by atoms with Gasteiger partial charge in [0.15, 0.2) is 0 Å². The largest absolute Gasteiger partial charge is 0.598 e. The van der Waals surface area contributed by atoms with Crippen LogP contribution in [-0.4, -0.2) is 25.2 Å². The topological polar surface area (TPSA) is 58.6 Å². The van der Waals surface area contributed by atoms with Gasteiger partial charge in [-0.15, -0.1) is 0 Å². The highest BCUT2D eigenvalue weighted by molar-refractivity contribution is 7.17. The molecule has 0 saturated carbocycles. The monoisotopic (exact) mass is 271 g/mol. The highest BCUT2D eigenvalue weighted by atomic mass is 31.1. The predicted molar refractivity (Wildman–Crippen MR) is 68.4 cm³/mol. The molecular formula is C12H18NO4P. The molecule has 6 heteroatoms. The van der Waals surface area contributed by atoms with E-state index in [0.717, 1.165) is 19.3 Å². The zero-order valence-electron chi connectivity index (χ0n) is 10.4. The van der Waals surface area contributed by atoms with Crippen LogP contribution in [0.3, 0.4) is 0 Å². The van der Waals surface area contributed by atoms with Crippen LogP contribution in [0.2, 0.25) is 0 Å². The van der Waals surface area contributed by atoms with Crippen LogP contribution >= 0.6 is 8.69 Å². The number of benzene rings is 1. The molecule has 0 saturated heterocycles. The van der Waals surface area contributed by atoms with Gasteiger partial charge in [-0.05, 0) is 18.4 Å². The maximum absolute atomic E-state index is 11.7. The van der Waals surface area contributed by atoms with E-state index in [0.29, 0.717) is 6.54 Å². The molecule has 0 bridgehead atoms. The van der Waals surface area contributed by atoms with E-state index in [1.807, 2.05) is 18.2 Å². The molecule has 1 rings (SSSR count). The average molecular weight is 271 g/mol. The van der Waals surface area contributed by atoms with Crippen molar-refractivity contribution in [2.45, 2.75) is 19.3 Å². The Labute approximate surface area is 109 Å². The zero-order chi connectivity index (χ0) is 13.3. The molecule has 0 N–H and O–H groups in total. The molecule has 0 aliphatic rings. The van der Waals surface area contributed by atoms with E-state index in [1.165, 1.54) is 12.6 Å². The summed E-state index contributed by atoms with van der Waals surface area (Å²) < 4.78 is 14.4. The summed E-state index contributed by atoms with van der Waals surface area (Å²) in [7, 11) is 0.934. The lowest BCUT2D eigenvalue weighted by atomic mass is 10.1. The Morgan fingerprint density at radius 1 is 1.28 bits per heavy atom. The number of hydroxylamine groups is 4. The lowest BCUT2D eigenvalue weighted by molar-refractivity contribution is -1.06. The lowest BCUT2D eigenvalue weighted by Gasteiger charge is -2.34. The van der Waals surface area contributed by atoms with E-state index in [4.69, 9.17) is 4.84 Å². The van der Waals surface area contributed by atoms with Gasteiger partial charge >= 0.3 is 8.69 Å². The fourth-order valence-corrected chi connectivity index (χ4v) is 1.68. The van der Waals surface area contributed by atoms with E-state index < -0.39 is 13.5 Å². The molecule has 0 spiro atoms. The van der Waals surface area contributed by atoms with Gasteiger partial charge in [0.25, 0.3) is 0 Å². The molecular weight excluding hydrogens is 253 g/mol. The highest BCUT2D eigenvalue weighted by Gasteiger charge is 2.11. The van der Waals surface area contributed by atoms with Crippen molar-refractivity contribution in [2.24, 2.45) is 0 Å². The van der Waals surface area contributed by atoms with Gasteiger partial charge in [-0.25, -0.2) is 9.37 Å². The molecule has 1 aromatic rings.